The molecule has 0 spiro atoms. The van der Waals surface area contributed by atoms with Gasteiger partial charge in [-0.25, -0.2) is 18.2 Å². The van der Waals surface area contributed by atoms with Crippen LogP contribution in [0.4, 0.5) is 0 Å². The predicted octanol–water partition coefficient (Wildman–Crippen LogP) is 2.50. The highest BCUT2D eigenvalue weighted by molar-refractivity contribution is 7.93. The SMILES string of the molecule is Cc1ccc(-c2cc(C(=O)O)cc(S(=O)(=O)c3cnc(CN)s3)c2)cn1. The molecular formula is C17H15N3O4S2. The Morgan fingerprint density at radius 1 is 1.15 bits per heavy atom. The number of carbonyl (C=O) groups is 1. The van der Waals surface area contributed by atoms with Crippen LogP contribution in [-0.4, -0.2) is 29.5 Å². The molecule has 0 aliphatic carbocycles. The lowest BCUT2D eigenvalue weighted by molar-refractivity contribution is 0.0696. The Labute approximate surface area is 154 Å². The maximum atomic E-state index is 12.9. The smallest absolute Gasteiger partial charge is 0.335 e. The fourth-order valence-corrected chi connectivity index (χ4v) is 4.84. The monoisotopic (exact) mass is 389 g/mol. The van der Waals surface area contributed by atoms with Crippen molar-refractivity contribution in [3.63, 3.8) is 0 Å². The number of nitrogens with two attached hydrogens (primary N) is 1. The van der Waals surface area contributed by atoms with Crippen molar-refractivity contribution >= 4 is 27.1 Å². The van der Waals surface area contributed by atoms with Crippen LogP contribution >= 0.6 is 11.3 Å². The molecule has 1 aromatic carbocycles. The molecule has 7 nitrogen and oxygen atoms in total. The highest BCUT2D eigenvalue weighted by atomic mass is 32.2. The Hall–Kier alpha value is -2.62. The molecule has 0 bridgehead atoms. The lowest BCUT2D eigenvalue weighted by Gasteiger charge is -2.08. The lowest BCUT2D eigenvalue weighted by Crippen LogP contribution is -2.04. The quantitative estimate of drug-likeness (QED) is 0.687. The Balaban J connectivity index is 2.17. The van der Waals surface area contributed by atoms with E-state index in [-0.39, 0.29) is 21.2 Å². The molecule has 0 unspecified atom stereocenters. The molecule has 0 saturated heterocycles. The van der Waals surface area contributed by atoms with Gasteiger partial charge in [0.05, 0.1) is 16.7 Å². The molecule has 9 heteroatoms. The van der Waals surface area contributed by atoms with Crippen LogP contribution in [0.25, 0.3) is 11.1 Å². The van der Waals surface area contributed by atoms with Crippen molar-refractivity contribution in [2.24, 2.45) is 5.73 Å². The van der Waals surface area contributed by atoms with Crippen LogP contribution < -0.4 is 5.73 Å². The zero-order valence-electron chi connectivity index (χ0n) is 13.7. The van der Waals surface area contributed by atoms with E-state index in [0.717, 1.165) is 23.1 Å². The minimum Gasteiger partial charge on any atom is -0.478 e. The highest BCUT2D eigenvalue weighted by Gasteiger charge is 2.23. The average molecular weight is 389 g/mol. The van der Waals surface area contributed by atoms with Gasteiger partial charge in [-0.3, -0.25) is 4.98 Å². The number of aryl methyl sites for hydroxylation is 1. The summed E-state index contributed by atoms with van der Waals surface area (Å²) in [7, 11) is -3.91. The first-order valence-corrected chi connectivity index (χ1v) is 9.82. The molecule has 0 saturated carbocycles. The van der Waals surface area contributed by atoms with Crippen molar-refractivity contribution in [1.29, 1.82) is 0 Å². The van der Waals surface area contributed by atoms with Crippen LogP contribution in [0.1, 0.15) is 21.1 Å². The van der Waals surface area contributed by atoms with Crippen LogP contribution in [0.2, 0.25) is 0 Å². The number of carboxylic acid groups (broad SMARTS) is 1. The van der Waals surface area contributed by atoms with E-state index in [1.54, 1.807) is 18.3 Å². The third kappa shape index (κ3) is 3.50. The van der Waals surface area contributed by atoms with Crippen molar-refractivity contribution in [1.82, 2.24) is 9.97 Å². The number of nitrogens with zero attached hydrogens (tertiary/aromatic N) is 2. The first-order valence-electron chi connectivity index (χ1n) is 7.52. The van der Waals surface area contributed by atoms with Crippen molar-refractivity contribution in [2.45, 2.75) is 22.6 Å². The molecule has 0 atom stereocenters. The average Bonchev–Trinajstić information content (AvgIpc) is 3.12. The molecule has 134 valence electrons. The summed E-state index contributed by atoms with van der Waals surface area (Å²) in [6.45, 7) is 1.96. The third-order valence-electron chi connectivity index (χ3n) is 3.68. The number of aromatic carboxylic acids is 1. The van der Waals surface area contributed by atoms with Gasteiger partial charge in [0.1, 0.15) is 9.22 Å². The van der Waals surface area contributed by atoms with Crippen LogP contribution in [0.5, 0.6) is 0 Å². The predicted molar refractivity (Wildman–Crippen MR) is 96.8 cm³/mol. The van der Waals surface area contributed by atoms with Gasteiger partial charge >= 0.3 is 5.97 Å². The van der Waals surface area contributed by atoms with Crippen molar-refractivity contribution in [3.8, 4) is 11.1 Å². The Bertz CT molecular complexity index is 1070. The second-order valence-electron chi connectivity index (χ2n) is 5.52. The van der Waals surface area contributed by atoms with E-state index >= 15 is 0 Å². The number of hydrogen-bond acceptors (Lipinski definition) is 7. The third-order valence-corrected chi connectivity index (χ3v) is 6.89. The molecule has 0 aliphatic heterocycles. The summed E-state index contributed by atoms with van der Waals surface area (Å²) in [4.78, 5) is 19.5. The summed E-state index contributed by atoms with van der Waals surface area (Å²) >= 11 is 0.969. The van der Waals surface area contributed by atoms with Crippen molar-refractivity contribution < 1.29 is 18.3 Å². The second-order valence-corrected chi connectivity index (χ2v) is 8.81. The molecular weight excluding hydrogens is 374 g/mol. The first kappa shape index (κ1) is 18.2. The van der Waals surface area contributed by atoms with Crippen LogP contribution in [0.3, 0.4) is 0 Å². The minimum absolute atomic E-state index is 0.0217. The normalized spacial score (nSPS) is 11.5. The zero-order chi connectivity index (χ0) is 18.9. The Morgan fingerprint density at radius 3 is 2.50 bits per heavy atom. The molecule has 0 fully saturated rings. The minimum atomic E-state index is -3.91. The highest BCUT2D eigenvalue weighted by Crippen LogP contribution is 2.30. The Morgan fingerprint density at radius 2 is 1.92 bits per heavy atom. The van der Waals surface area contributed by atoms with Gasteiger partial charge in [0.15, 0.2) is 0 Å². The van der Waals surface area contributed by atoms with E-state index in [4.69, 9.17) is 5.73 Å². The van der Waals surface area contributed by atoms with E-state index in [0.29, 0.717) is 16.1 Å². The fourth-order valence-electron chi connectivity index (χ4n) is 2.31. The number of benzene rings is 1. The molecule has 2 aromatic heterocycles. The van der Waals surface area contributed by atoms with Crippen molar-refractivity contribution in [2.75, 3.05) is 0 Å². The number of rotatable bonds is 5. The molecule has 2 heterocycles. The number of pyridine rings is 1. The first-order chi connectivity index (χ1) is 12.3. The van der Waals surface area contributed by atoms with Gasteiger partial charge in [0.2, 0.25) is 9.84 Å². The van der Waals surface area contributed by atoms with Crippen LogP contribution in [-0.2, 0) is 16.4 Å². The lowest BCUT2D eigenvalue weighted by atomic mass is 10.0. The summed E-state index contributed by atoms with van der Waals surface area (Å²) in [6, 6.07) is 7.54. The van der Waals surface area contributed by atoms with Gasteiger partial charge < -0.3 is 10.8 Å². The van der Waals surface area contributed by atoms with Gasteiger partial charge in [-0.2, -0.15) is 0 Å². The summed E-state index contributed by atoms with van der Waals surface area (Å²) in [5, 5.41) is 9.85. The molecule has 3 N–H and O–H groups in total. The standard InChI is InChI=1S/C17H15N3O4S2/c1-10-2-3-11(8-19-10)12-4-13(17(21)22)6-14(5-12)26(23,24)16-9-20-15(7-18)25-16/h2-6,8-9H,7,18H2,1H3,(H,21,22). The molecule has 0 amide bonds. The molecule has 0 aliphatic rings. The summed E-state index contributed by atoms with van der Waals surface area (Å²) < 4.78 is 25.8. The number of thiazole rings is 1. The molecule has 3 rings (SSSR count). The maximum Gasteiger partial charge on any atom is 0.335 e. The summed E-state index contributed by atoms with van der Waals surface area (Å²) in [5.74, 6) is -1.21. The fraction of sp³-hybridized carbons (Fsp3) is 0.118. The van der Waals surface area contributed by atoms with Gasteiger partial charge in [-0.1, -0.05) is 6.07 Å². The van der Waals surface area contributed by atoms with Gasteiger partial charge in [0.25, 0.3) is 0 Å². The van der Waals surface area contributed by atoms with Gasteiger partial charge in [-0.15, -0.1) is 11.3 Å². The van der Waals surface area contributed by atoms with Gasteiger partial charge in [0, 0.05) is 24.0 Å². The van der Waals surface area contributed by atoms with Crippen molar-refractivity contribution in [3.05, 3.63) is 59.0 Å². The number of hydrogen-bond donors (Lipinski definition) is 2. The zero-order valence-corrected chi connectivity index (χ0v) is 15.3. The van der Waals surface area contributed by atoms with Gasteiger partial charge in [-0.05, 0) is 36.8 Å². The maximum absolute atomic E-state index is 12.9. The van der Waals surface area contributed by atoms with E-state index in [1.807, 2.05) is 6.92 Å². The van der Waals surface area contributed by atoms with E-state index < -0.39 is 15.8 Å². The van der Waals surface area contributed by atoms with Crippen LogP contribution in [0, 0.1) is 6.92 Å². The summed E-state index contributed by atoms with van der Waals surface area (Å²) in [6.07, 6.45) is 2.81. The number of carboxylic acids is 1. The molecule has 3 aromatic rings. The topological polar surface area (TPSA) is 123 Å². The summed E-state index contributed by atoms with van der Waals surface area (Å²) in [5.41, 5.74) is 7.26. The molecule has 0 radical (unpaired) electrons. The second kappa shape index (κ2) is 6.94. The van der Waals surface area contributed by atoms with Crippen LogP contribution in [0.15, 0.2) is 51.8 Å². The van der Waals surface area contributed by atoms with E-state index in [2.05, 4.69) is 9.97 Å². The van der Waals surface area contributed by atoms with E-state index in [1.165, 1.54) is 18.3 Å². The molecule has 26 heavy (non-hydrogen) atoms. The number of aromatic nitrogens is 2. The Kier molecular flexibility index (Phi) is 4.86. The van der Waals surface area contributed by atoms with E-state index in [9.17, 15) is 18.3 Å². The largest absolute Gasteiger partial charge is 0.478 e. The number of sulfone groups is 1.